The van der Waals surface area contributed by atoms with Gasteiger partial charge in [-0.25, -0.2) is 9.97 Å². The van der Waals surface area contributed by atoms with Crippen LogP contribution in [0.3, 0.4) is 0 Å². The molecule has 0 N–H and O–H groups in total. The largest absolute Gasteiger partial charge is 0.338 e. The summed E-state index contributed by atoms with van der Waals surface area (Å²) in [4.78, 5) is 14.3. The number of nitrogens with zero attached hydrogens (tertiary/aromatic N) is 4. The molecule has 2 rings (SSSR count). The Morgan fingerprint density at radius 2 is 2.18 bits per heavy atom. The van der Waals surface area contributed by atoms with E-state index in [1.807, 2.05) is 11.9 Å². The van der Waals surface area contributed by atoms with Crippen LogP contribution in [0.1, 0.15) is 5.69 Å². The first-order valence-electron chi connectivity index (χ1n) is 3.40. The van der Waals surface area contributed by atoms with Gasteiger partial charge in [0.15, 0.2) is 5.82 Å². The van der Waals surface area contributed by atoms with Crippen LogP contribution in [0.15, 0.2) is 17.4 Å². The molecule has 0 atom stereocenters. The van der Waals surface area contributed by atoms with Gasteiger partial charge in [-0.1, -0.05) is 0 Å². The second kappa shape index (κ2) is 2.30. The molecule has 2 heterocycles. The molecule has 4 heteroatoms. The maximum absolute atomic E-state index is 4.17. The van der Waals surface area contributed by atoms with Crippen molar-refractivity contribution in [1.82, 2.24) is 9.97 Å². The van der Waals surface area contributed by atoms with E-state index < -0.39 is 0 Å². The van der Waals surface area contributed by atoms with Crippen molar-refractivity contribution in [1.29, 1.82) is 0 Å². The molecule has 56 valence electrons. The van der Waals surface area contributed by atoms with Gasteiger partial charge in [-0.2, -0.15) is 0 Å². The van der Waals surface area contributed by atoms with Gasteiger partial charge in [0.2, 0.25) is 0 Å². The quantitative estimate of drug-likeness (QED) is 0.531. The molecule has 0 amide bonds. The van der Waals surface area contributed by atoms with Crippen LogP contribution in [0.2, 0.25) is 0 Å². The second-order valence-corrected chi connectivity index (χ2v) is 2.42. The molecule has 0 unspecified atom stereocenters. The average molecular weight is 148 g/mol. The van der Waals surface area contributed by atoms with Gasteiger partial charge in [-0.3, -0.25) is 4.99 Å². The van der Waals surface area contributed by atoms with E-state index in [1.54, 1.807) is 18.6 Å². The fraction of sp³-hybridized carbons (Fsp3) is 0.286. The maximum atomic E-state index is 4.17. The van der Waals surface area contributed by atoms with Gasteiger partial charge in [-0.05, 0) is 0 Å². The highest BCUT2D eigenvalue weighted by Gasteiger charge is 2.10. The highest BCUT2D eigenvalue weighted by Crippen LogP contribution is 2.13. The molecule has 0 fully saturated rings. The van der Waals surface area contributed by atoms with Crippen molar-refractivity contribution in [3.05, 3.63) is 18.1 Å². The monoisotopic (exact) mass is 148 g/mol. The van der Waals surface area contributed by atoms with Crippen molar-refractivity contribution in [3.8, 4) is 0 Å². The Morgan fingerprint density at radius 3 is 3.00 bits per heavy atom. The lowest BCUT2D eigenvalue weighted by Crippen LogP contribution is -2.23. The van der Waals surface area contributed by atoms with Crippen LogP contribution in [-0.4, -0.2) is 29.9 Å². The minimum atomic E-state index is 0.672. The van der Waals surface area contributed by atoms with E-state index >= 15 is 0 Å². The van der Waals surface area contributed by atoms with E-state index in [0.29, 0.717) is 6.67 Å². The van der Waals surface area contributed by atoms with Crippen molar-refractivity contribution in [2.45, 2.75) is 0 Å². The third-order valence-electron chi connectivity index (χ3n) is 1.58. The summed E-state index contributed by atoms with van der Waals surface area (Å²) in [6.45, 7) is 0.672. The maximum Gasteiger partial charge on any atom is 0.157 e. The number of hydrogen-bond acceptors (Lipinski definition) is 4. The van der Waals surface area contributed by atoms with Gasteiger partial charge in [0.25, 0.3) is 0 Å². The molecule has 0 aromatic carbocycles. The van der Waals surface area contributed by atoms with E-state index in [-0.39, 0.29) is 0 Å². The summed E-state index contributed by atoms with van der Waals surface area (Å²) < 4.78 is 0. The smallest absolute Gasteiger partial charge is 0.157 e. The summed E-state index contributed by atoms with van der Waals surface area (Å²) in [6.07, 6.45) is 5.11. The van der Waals surface area contributed by atoms with Crippen LogP contribution in [0, 0.1) is 0 Å². The number of fused-ring (bicyclic) bond motifs is 1. The number of anilines is 1. The molecule has 4 nitrogen and oxygen atoms in total. The normalized spacial score (nSPS) is 14.8. The molecule has 0 radical (unpaired) electrons. The Bertz CT molecular complexity index is 294. The first-order chi connectivity index (χ1) is 5.38. The Morgan fingerprint density at radius 1 is 1.36 bits per heavy atom. The molecule has 1 aliphatic rings. The average Bonchev–Trinajstić information content (AvgIpc) is 2.06. The van der Waals surface area contributed by atoms with Gasteiger partial charge in [0, 0.05) is 19.4 Å². The minimum Gasteiger partial charge on any atom is -0.338 e. The SMILES string of the molecule is CN1CN=Cc2nccnc21. The molecule has 0 saturated carbocycles. The zero-order valence-corrected chi connectivity index (χ0v) is 6.23. The minimum absolute atomic E-state index is 0.672. The van der Waals surface area contributed by atoms with Crippen LogP contribution in [0.4, 0.5) is 5.82 Å². The predicted octanol–water partition coefficient (Wildman–Crippen LogP) is 0.303. The van der Waals surface area contributed by atoms with Crippen molar-refractivity contribution in [2.75, 3.05) is 18.6 Å². The first kappa shape index (κ1) is 6.27. The van der Waals surface area contributed by atoms with E-state index in [9.17, 15) is 0 Å². The summed E-state index contributed by atoms with van der Waals surface area (Å²) in [5.74, 6) is 0.905. The number of rotatable bonds is 0. The molecular formula is C7H8N4. The lowest BCUT2D eigenvalue weighted by Gasteiger charge is -2.19. The zero-order chi connectivity index (χ0) is 7.68. The van der Waals surface area contributed by atoms with Crippen LogP contribution in [0.25, 0.3) is 0 Å². The van der Waals surface area contributed by atoms with E-state index in [0.717, 1.165) is 11.5 Å². The van der Waals surface area contributed by atoms with Gasteiger partial charge in [0.05, 0.1) is 6.21 Å². The Hall–Kier alpha value is -1.45. The summed E-state index contributed by atoms with van der Waals surface area (Å²) >= 11 is 0. The standard InChI is InChI=1S/C7H8N4/c1-11-5-8-4-6-7(11)10-3-2-9-6/h2-4H,5H2,1H3. The van der Waals surface area contributed by atoms with Crippen LogP contribution in [-0.2, 0) is 0 Å². The van der Waals surface area contributed by atoms with Crippen LogP contribution in [0.5, 0.6) is 0 Å². The molecule has 1 aromatic heterocycles. The van der Waals surface area contributed by atoms with Crippen LogP contribution >= 0.6 is 0 Å². The third-order valence-corrected chi connectivity index (χ3v) is 1.58. The van der Waals surface area contributed by atoms with Crippen molar-refractivity contribution >= 4 is 12.0 Å². The van der Waals surface area contributed by atoms with E-state index in [2.05, 4.69) is 15.0 Å². The Balaban J connectivity index is 2.54. The molecule has 11 heavy (non-hydrogen) atoms. The summed E-state index contributed by atoms with van der Waals surface area (Å²) in [5, 5.41) is 0. The molecule has 1 aromatic rings. The summed E-state index contributed by atoms with van der Waals surface area (Å²) in [7, 11) is 1.95. The van der Waals surface area contributed by atoms with Crippen molar-refractivity contribution in [2.24, 2.45) is 4.99 Å². The van der Waals surface area contributed by atoms with Gasteiger partial charge >= 0.3 is 0 Å². The van der Waals surface area contributed by atoms with Gasteiger partial charge in [-0.15, -0.1) is 0 Å². The number of aliphatic imine (C=N–C) groups is 1. The zero-order valence-electron chi connectivity index (χ0n) is 6.23. The number of aromatic nitrogens is 2. The van der Waals surface area contributed by atoms with E-state index in [4.69, 9.17) is 0 Å². The first-order valence-corrected chi connectivity index (χ1v) is 3.40. The Labute approximate surface area is 64.6 Å². The molecular weight excluding hydrogens is 140 g/mol. The van der Waals surface area contributed by atoms with Gasteiger partial charge in [0.1, 0.15) is 12.4 Å². The van der Waals surface area contributed by atoms with Crippen molar-refractivity contribution < 1.29 is 0 Å². The lowest BCUT2D eigenvalue weighted by atomic mass is 10.4. The lowest BCUT2D eigenvalue weighted by molar-refractivity contribution is 0.884. The highest BCUT2D eigenvalue weighted by atomic mass is 15.2. The summed E-state index contributed by atoms with van der Waals surface area (Å²) in [5.41, 5.74) is 0.848. The van der Waals surface area contributed by atoms with Crippen LogP contribution < -0.4 is 4.90 Å². The highest BCUT2D eigenvalue weighted by molar-refractivity contribution is 5.85. The second-order valence-electron chi connectivity index (χ2n) is 2.42. The predicted molar refractivity (Wildman–Crippen MR) is 42.9 cm³/mol. The molecule has 0 saturated heterocycles. The third kappa shape index (κ3) is 0.960. The van der Waals surface area contributed by atoms with Crippen molar-refractivity contribution in [3.63, 3.8) is 0 Å². The Kier molecular flexibility index (Phi) is 1.31. The van der Waals surface area contributed by atoms with Gasteiger partial charge < -0.3 is 4.90 Å². The molecule has 0 aliphatic carbocycles. The molecule has 1 aliphatic heterocycles. The summed E-state index contributed by atoms with van der Waals surface area (Å²) in [6, 6.07) is 0. The fourth-order valence-electron chi connectivity index (χ4n) is 1.04. The topological polar surface area (TPSA) is 41.4 Å². The molecule has 0 spiro atoms. The fourth-order valence-corrected chi connectivity index (χ4v) is 1.04. The van der Waals surface area contributed by atoms with E-state index in [1.165, 1.54) is 0 Å². The molecule has 0 bridgehead atoms. The number of hydrogen-bond donors (Lipinski definition) is 0.